The standard InChI is InChI=1S/C14H24N4O2/c1-3-4-18-11-15-10-13(18)12(9-14(19)20)17-7-5-16(2)6-8-17/h10-12H,3-9H2,1-2H3,(H,19,20). The third-order valence-electron chi connectivity index (χ3n) is 3.90. The SMILES string of the molecule is CCCn1cncc1C(CC(=O)O)N1CCN(C)CC1. The second-order valence-corrected chi connectivity index (χ2v) is 5.46. The van der Waals surface area contributed by atoms with Crippen LogP contribution in [0.3, 0.4) is 0 Å². The predicted octanol–water partition coefficient (Wildman–Crippen LogP) is 1.06. The van der Waals surface area contributed by atoms with Crippen molar-refractivity contribution in [2.45, 2.75) is 32.4 Å². The van der Waals surface area contributed by atoms with E-state index in [2.05, 4.69) is 33.3 Å². The van der Waals surface area contributed by atoms with Crippen molar-refractivity contribution in [2.24, 2.45) is 0 Å². The van der Waals surface area contributed by atoms with Gasteiger partial charge in [0.25, 0.3) is 0 Å². The molecular formula is C14H24N4O2. The number of imidazole rings is 1. The maximum absolute atomic E-state index is 11.2. The number of rotatable bonds is 6. The number of nitrogens with zero attached hydrogens (tertiary/aromatic N) is 4. The highest BCUT2D eigenvalue weighted by Gasteiger charge is 2.28. The topological polar surface area (TPSA) is 61.6 Å². The molecule has 1 N–H and O–H groups in total. The van der Waals surface area contributed by atoms with Gasteiger partial charge in [-0.1, -0.05) is 6.92 Å². The number of piperazine rings is 1. The van der Waals surface area contributed by atoms with Crippen LogP contribution in [-0.4, -0.2) is 63.7 Å². The summed E-state index contributed by atoms with van der Waals surface area (Å²) in [5, 5.41) is 9.22. The van der Waals surface area contributed by atoms with E-state index < -0.39 is 5.97 Å². The zero-order valence-corrected chi connectivity index (χ0v) is 12.3. The first-order chi connectivity index (χ1) is 9.61. The number of carboxylic acids is 1. The van der Waals surface area contributed by atoms with Crippen LogP contribution in [0.25, 0.3) is 0 Å². The fourth-order valence-electron chi connectivity index (χ4n) is 2.76. The maximum atomic E-state index is 11.2. The van der Waals surface area contributed by atoms with Crippen molar-refractivity contribution in [1.82, 2.24) is 19.4 Å². The molecule has 2 heterocycles. The Labute approximate surface area is 120 Å². The van der Waals surface area contributed by atoms with E-state index in [1.54, 1.807) is 0 Å². The zero-order chi connectivity index (χ0) is 14.5. The Morgan fingerprint density at radius 3 is 2.70 bits per heavy atom. The summed E-state index contributed by atoms with van der Waals surface area (Å²) in [5.41, 5.74) is 1.03. The van der Waals surface area contributed by atoms with E-state index in [-0.39, 0.29) is 12.5 Å². The Morgan fingerprint density at radius 1 is 1.40 bits per heavy atom. The van der Waals surface area contributed by atoms with Gasteiger partial charge in [0.05, 0.1) is 24.5 Å². The summed E-state index contributed by atoms with van der Waals surface area (Å²) in [6.45, 7) is 6.79. The summed E-state index contributed by atoms with van der Waals surface area (Å²) < 4.78 is 2.09. The molecule has 1 aliphatic heterocycles. The van der Waals surface area contributed by atoms with Crippen molar-refractivity contribution in [3.05, 3.63) is 18.2 Å². The van der Waals surface area contributed by atoms with Gasteiger partial charge in [-0.15, -0.1) is 0 Å². The Balaban J connectivity index is 2.18. The average molecular weight is 280 g/mol. The van der Waals surface area contributed by atoms with Crippen molar-refractivity contribution >= 4 is 5.97 Å². The first-order valence-corrected chi connectivity index (χ1v) is 7.26. The molecule has 2 rings (SSSR count). The van der Waals surface area contributed by atoms with Gasteiger partial charge >= 0.3 is 5.97 Å². The Morgan fingerprint density at radius 2 is 2.10 bits per heavy atom. The quantitative estimate of drug-likeness (QED) is 0.844. The van der Waals surface area contributed by atoms with Gasteiger partial charge in [-0.25, -0.2) is 4.98 Å². The minimum atomic E-state index is -0.752. The summed E-state index contributed by atoms with van der Waals surface area (Å²) in [4.78, 5) is 20.0. The van der Waals surface area contributed by atoms with E-state index in [4.69, 9.17) is 0 Å². The third kappa shape index (κ3) is 3.58. The van der Waals surface area contributed by atoms with Crippen LogP contribution in [0.4, 0.5) is 0 Å². The molecule has 20 heavy (non-hydrogen) atoms. The summed E-state index contributed by atoms with van der Waals surface area (Å²) in [6.07, 6.45) is 4.79. The maximum Gasteiger partial charge on any atom is 0.305 e. The lowest BCUT2D eigenvalue weighted by molar-refractivity contribution is -0.138. The normalized spacial score (nSPS) is 19.1. The summed E-state index contributed by atoms with van der Waals surface area (Å²) in [6, 6.07) is -0.0738. The summed E-state index contributed by atoms with van der Waals surface area (Å²) in [5.74, 6) is -0.752. The molecule has 6 heteroatoms. The molecular weight excluding hydrogens is 256 g/mol. The van der Waals surface area contributed by atoms with Gasteiger partial charge < -0.3 is 14.6 Å². The Kier molecular flexibility index (Phi) is 5.14. The van der Waals surface area contributed by atoms with Gasteiger partial charge in [0, 0.05) is 38.9 Å². The van der Waals surface area contributed by atoms with Gasteiger partial charge in [0.1, 0.15) is 0 Å². The van der Waals surface area contributed by atoms with E-state index in [1.807, 2.05) is 12.5 Å². The highest BCUT2D eigenvalue weighted by molar-refractivity contribution is 5.67. The minimum Gasteiger partial charge on any atom is -0.481 e. The first-order valence-electron chi connectivity index (χ1n) is 7.26. The molecule has 1 aromatic heterocycles. The van der Waals surface area contributed by atoms with Crippen LogP contribution in [0.5, 0.6) is 0 Å². The number of hydrogen-bond donors (Lipinski definition) is 1. The lowest BCUT2D eigenvalue weighted by Crippen LogP contribution is -2.46. The second kappa shape index (κ2) is 6.85. The molecule has 0 aromatic carbocycles. The van der Waals surface area contributed by atoms with Crippen LogP contribution in [0.15, 0.2) is 12.5 Å². The fraction of sp³-hybridized carbons (Fsp3) is 0.714. The average Bonchev–Trinajstić information content (AvgIpc) is 2.85. The number of aryl methyl sites for hydroxylation is 1. The van der Waals surface area contributed by atoms with Crippen LogP contribution in [0.2, 0.25) is 0 Å². The van der Waals surface area contributed by atoms with E-state index in [9.17, 15) is 9.90 Å². The first kappa shape index (κ1) is 15.0. The van der Waals surface area contributed by atoms with E-state index in [1.165, 1.54) is 0 Å². The highest BCUT2D eigenvalue weighted by Crippen LogP contribution is 2.25. The van der Waals surface area contributed by atoms with Crippen molar-refractivity contribution < 1.29 is 9.90 Å². The summed E-state index contributed by atoms with van der Waals surface area (Å²) >= 11 is 0. The monoisotopic (exact) mass is 280 g/mol. The number of carbonyl (C=O) groups is 1. The molecule has 6 nitrogen and oxygen atoms in total. The van der Waals surface area contributed by atoms with Gasteiger partial charge in [-0.2, -0.15) is 0 Å². The third-order valence-corrected chi connectivity index (χ3v) is 3.90. The van der Waals surface area contributed by atoms with E-state index in [0.29, 0.717) is 0 Å². The molecule has 0 radical (unpaired) electrons. The molecule has 1 aliphatic rings. The lowest BCUT2D eigenvalue weighted by atomic mass is 10.1. The van der Waals surface area contributed by atoms with Crippen molar-refractivity contribution in [2.75, 3.05) is 33.2 Å². The number of likely N-dealkylation sites (N-methyl/N-ethyl adjacent to an activating group) is 1. The van der Waals surface area contributed by atoms with Crippen molar-refractivity contribution in [1.29, 1.82) is 0 Å². The highest BCUT2D eigenvalue weighted by atomic mass is 16.4. The van der Waals surface area contributed by atoms with Gasteiger partial charge in [0.15, 0.2) is 0 Å². The minimum absolute atomic E-state index is 0.0738. The number of aromatic nitrogens is 2. The van der Waals surface area contributed by atoms with Crippen LogP contribution >= 0.6 is 0 Å². The molecule has 1 aromatic rings. The van der Waals surface area contributed by atoms with Gasteiger partial charge in [0.2, 0.25) is 0 Å². The summed E-state index contributed by atoms with van der Waals surface area (Å²) in [7, 11) is 2.10. The molecule has 0 saturated carbocycles. The number of aliphatic carboxylic acids is 1. The largest absolute Gasteiger partial charge is 0.481 e. The van der Waals surface area contributed by atoms with Crippen molar-refractivity contribution in [3.63, 3.8) is 0 Å². The number of carboxylic acid groups (broad SMARTS) is 1. The zero-order valence-electron chi connectivity index (χ0n) is 12.3. The molecule has 1 saturated heterocycles. The van der Waals surface area contributed by atoms with Crippen LogP contribution < -0.4 is 0 Å². The molecule has 1 fully saturated rings. The molecule has 1 unspecified atom stereocenters. The van der Waals surface area contributed by atoms with Crippen molar-refractivity contribution in [3.8, 4) is 0 Å². The van der Waals surface area contributed by atoms with Crippen LogP contribution in [0.1, 0.15) is 31.5 Å². The fourth-order valence-corrected chi connectivity index (χ4v) is 2.76. The molecule has 1 atom stereocenters. The van der Waals surface area contributed by atoms with E-state index in [0.717, 1.165) is 44.8 Å². The molecule has 0 amide bonds. The number of hydrogen-bond acceptors (Lipinski definition) is 4. The Hall–Kier alpha value is -1.40. The van der Waals surface area contributed by atoms with Crippen LogP contribution in [0, 0.1) is 0 Å². The molecule has 112 valence electrons. The molecule has 0 aliphatic carbocycles. The lowest BCUT2D eigenvalue weighted by Gasteiger charge is -2.37. The smallest absolute Gasteiger partial charge is 0.305 e. The van der Waals surface area contributed by atoms with Crippen LogP contribution in [-0.2, 0) is 11.3 Å². The van der Waals surface area contributed by atoms with E-state index >= 15 is 0 Å². The molecule has 0 spiro atoms. The molecule has 0 bridgehead atoms. The predicted molar refractivity (Wildman–Crippen MR) is 76.6 cm³/mol. The van der Waals surface area contributed by atoms with Gasteiger partial charge in [-0.05, 0) is 13.5 Å². The van der Waals surface area contributed by atoms with Gasteiger partial charge in [-0.3, -0.25) is 9.69 Å². The second-order valence-electron chi connectivity index (χ2n) is 5.46. The Bertz CT molecular complexity index is 438.